The van der Waals surface area contributed by atoms with Crippen LogP contribution in [0.15, 0.2) is 36.9 Å². The van der Waals surface area contributed by atoms with E-state index in [2.05, 4.69) is 11.9 Å². The molecule has 2 unspecified atom stereocenters. The smallest absolute Gasteiger partial charge is 0.308 e. The van der Waals surface area contributed by atoms with Gasteiger partial charge in [0.1, 0.15) is 6.10 Å². The molecule has 0 aliphatic heterocycles. The van der Waals surface area contributed by atoms with E-state index in [0.717, 1.165) is 11.1 Å². The summed E-state index contributed by atoms with van der Waals surface area (Å²) in [7, 11) is 0. The molecule has 5 nitrogen and oxygen atoms in total. The van der Waals surface area contributed by atoms with Gasteiger partial charge >= 0.3 is 5.97 Å². The second kappa shape index (κ2) is 10.7. The lowest BCUT2D eigenvalue weighted by atomic mass is 10.0. The van der Waals surface area contributed by atoms with E-state index in [4.69, 9.17) is 9.47 Å². The van der Waals surface area contributed by atoms with E-state index in [0.29, 0.717) is 13.0 Å². The van der Waals surface area contributed by atoms with Gasteiger partial charge in [0.05, 0.1) is 25.2 Å². The van der Waals surface area contributed by atoms with Crippen LogP contribution in [0.25, 0.3) is 0 Å². The number of carbonyl (C=O) groups is 2. The lowest BCUT2D eigenvalue weighted by Gasteiger charge is -2.22. The van der Waals surface area contributed by atoms with Crippen molar-refractivity contribution in [1.29, 1.82) is 0 Å². The molecule has 0 fully saturated rings. The van der Waals surface area contributed by atoms with Crippen molar-refractivity contribution in [1.82, 2.24) is 5.32 Å². The number of ether oxygens (including phenoxy) is 2. The first kappa shape index (κ1) is 20.9. The number of hydrogen-bond donors (Lipinski definition) is 1. The van der Waals surface area contributed by atoms with Crippen LogP contribution in [0.1, 0.15) is 50.8 Å². The molecule has 0 bridgehead atoms. The van der Waals surface area contributed by atoms with Gasteiger partial charge in [-0.15, -0.1) is 6.58 Å². The standard InChI is InChI=1S/C20H29NO4/c1-6-7-12-24-16(5)20(23)21-18(13-19(22)25-14(2)3)17-10-8-15(4)9-11-17/h6,8-11,14,16,18H,1,7,12-13H2,2-5H3,(H,21,23). The van der Waals surface area contributed by atoms with Gasteiger partial charge in [0.15, 0.2) is 0 Å². The van der Waals surface area contributed by atoms with Gasteiger partial charge in [-0.25, -0.2) is 0 Å². The van der Waals surface area contributed by atoms with Crippen LogP contribution in [0, 0.1) is 6.92 Å². The molecule has 1 N–H and O–H groups in total. The summed E-state index contributed by atoms with van der Waals surface area (Å²) >= 11 is 0. The van der Waals surface area contributed by atoms with Crippen LogP contribution >= 0.6 is 0 Å². The molecular weight excluding hydrogens is 318 g/mol. The van der Waals surface area contributed by atoms with Crippen LogP contribution in [-0.4, -0.2) is 30.7 Å². The number of carbonyl (C=O) groups excluding carboxylic acids is 2. The third kappa shape index (κ3) is 7.98. The SMILES string of the molecule is C=CCCOC(C)C(=O)NC(CC(=O)OC(C)C)c1ccc(C)cc1. The summed E-state index contributed by atoms with van der Waals surface area (Å²) < 4.78 is 10.7. The third-order valence-electron chi connectivity index (χ3n) is 3.59. The summed E-state index contributed by atoms with van der Waals surface area (Å²) in [5.74, 6) is -0.604. The Morgan fingerprint density at radius 1 is 1.20 bits per heavy atom. The molecule has 0 saturated heterocycles. The predicted octanol–water partition coefficient (Wildman–Crippen LogP) is 3.48. The first-order valence-electron chi connectivity index (χ1n) is 8.62. The molecule has 25 heavy (non-hydrogen) atoms. The molecule has 0 aliphatic carbocycles. The summed E-state index contributed by atoms with van der Waals surface area (Å²) in [6.07, 6.45) is 1.70. The Balaban J connectivity index is 2.79. The van der Waals surface area contributed by atoms with Crippen molar-refractivity contribution < 1.29 is 19.1 Å². The average Bonchev–Trinajstić information content (AvgIpc) is 2.54. The number of esters is 1. The van der Waals surface area contributed by atoms with E-state index < -0.39 is 12.1 Å². The van der Waals surface area contributed by atoms with Gasteiger partial charge in [0.2, 0.25) is 5.91 Å². The molecule has 138 valence electrons. The van der Waals surface area contributed by atoms with Crippen LogP contribution < -0.4 is 5.32 Å². The molecule has 0 heterocycles. The Morgan fingerprint density at radius 2 is 1.84 bits per heavy atom. The number of benzene rings is 1. The van der Waals surface area contributed by atoms with Gasteiger partial charge in [0, 0.05) is 0 Å². The highest BCUT2D eigenvalue weighted by molar-refractivity contribution is 5.81. The highest BCUT2D eigenvalue weighted by atomic mass is 16.5. The summed E-state index contributed by atoms with van der Waals surface area (Å²) in [6.45, 7) is 11.3. The number of nitrogens with one attached hydrogen (secondary N) is 1. The zero-order valence-corrected chi connectivity index (χ0v) is 15.6. The highest BCUT2D eigenvalue weighted by Crippen LogP contribution is 2.19. The highest BCUT2D eigenvalue weighted by Gasteiger charge is 2.23. The number of rotatable bonds is 10. The Labute approximate surface area is 150 Å². The molecule has 1 rings (SSSR count). The number of hydrogen-bond acceptors (Lipinski definition) is 4. The zero-order chi connectivity index (χ0) is 18.8. The summed E-state index contributed by atoms with van der Waals surface area (Å²) in [5.41, 5.74) is 1.97. The molecule has 5 heteroatoms. The minimum absolute atomic E-state index is 0.0758. The van der Waals surface area contributed by atoms with Crippen LogP contribution in [-0.2, 0) is 19.1 Å². The van der Waals surface area contributed by atoms with Crippen LogP contribution in [0.4, 0.5) is 0 Å². The molecule has 0 radical (unpaired) electrons. The minimum Gasteiger partial charge on any atom is -0.463 e. The molecule has 0 aliphatic rings. The van der Waals surface area contributed by atoms with E-state index in [1.165, 1.54) is 0 Å². The second-order valence-electron chi connectivity index (χ2n) is 6.30. The van der Waals surface area contributed by atoms with Crippen molar-refractivity contribution >= 4 is 11.9 Å². The van der Waals surface area contributed by atoms with Crippen LogP contribution in [0.3, 0.4) is 0 Å². The predicted molar refractivity (Wildman–Crippen MR) is 98.1 cm³/mol. The topological polar surface area (TPSA) is 64.6 Å². The fourth-order valence-corrected chi connectivity index (χ4v) is 2.22. The first-order valence-corrected chi connectivity index (χ1v) is 8.62. The molecule has 0 spiro atoms. The van der Waals surface area contributed by atoms with E-state index in [-0.39, 0.29) is 24.4 Å². The number of aryl methyl sites for hydroxylation is 1. The van der Waals surface area contributed by atoms with Gasteiger partial charge in [-0.05, 0) is 39.7 Å². The largest absolute Gasteiger partial charge is 0.463 e. The summed E-state index contributed by atoms with van der Waals surface area (Å²) in [6, 6.07) is 7.27. The third-order valence-corrected chi connectivity index (χ3v) is 3.59. The van der Waals surface area contributed by atoms with E-state index in [1.807, 2.05) is 31.2 Å². The molecular formula is C20H29NO4. The van der Waals surface area contributed by atoms with Crippen LogP contribution in [0.5, 0.6) is 0 Å². The Hall–Kier alpha value is -2.14. The van der Waals surface area contributed by atoms with Gasteiger partial charge in [-0.1, -0.05) is 35.9 Å². The molecule has 2 atom stereocenters. The molecule has 1 amide bonds. The minimum atomic E-state index is -0.603. The number of amides is 1. The quantitative estimate of drug-likeness (QED) is 0.400. The van der Waals surface area contributed by atoms with Crippen LogP contribution in [0.2, 0.25) is 0 Å². The fraction of sp³-hybridized carbons (Fsp3) is 0.500. The van der Waals surface area contributed by atoms with Crippen molar-refractivity contribution in [2.45, 2.75) is 58.8 Å². The molecule has 0 aromatic heterocycles. The van der Waals surface area contributed by atoms with Crippen molar-refractivity contribution in [2.75, 3.05) is 6.61 Å². The summed E-state index contributed by atoms with van der Waals surface area (Å²) in [4.78, 5) is 24.4. The summed E-state index contributed by atoms with van der Waals surface area (Å²) in [5, 5.41) is 2.89. The lowest BCUT2D eigenvalue weighted by molar-refractivity contribution is -0.148. The lowest BCUT2D eigenvalue weighted by Crippen LogP contribution is -2.38. The molecule has 1 aromatic carbocycles. The Kier molecular flexibility index (Phi) is 8.92. The van der Waals surface area contributed by atoms with Gasteiger partial charge in [-0.3, -0.25) is 9.59 Å². The Bertz CT molecular complexity index is 566. The maximum absolute atomic E-state index is 12.4. The van der Waals surface area contributed by atoms with Gasteiger partial charge < -0.3 is 14.8 Å². The van der Waals surface area contributed by atoms with Crippen molar-refractivity contribution in [3.63, 3.8) is 0 Å². The fourth-order valence-electron chi connectivity index (χ4n) is 2.22. The molecule has 0 saturated carbocycles. The van der Waals surface area contributed by atoms with Crippen molar-refractivity contribution in [3.05, 3.63) is 48.0 Å². The zero-order valence-electron chi connectivity index (χ0n) is 15.6. The maximum atomic E-state index is 12.4. The van der Waals surface area contributed by atoms with E-state index in [9.17, 15) is 9.59 Å². The maximum Gasteiger partial charge on any atom is 0.308 e. The van der Waals surface area contributed by atoms with E-state index >= 15 is 0 Å². The van der Waals surface area contributed by atoms with Gasteiger partial charge in [-0.2, -0.15) is 0 Å². The Morgan fingerprint density at radius 3 is 2.40 bits per heavy atom. The molecule has 1 aromatic rings. The first-order chi connectivity index (χ1) is 11.8. The van der Waals surface area contributed by atoms with E-state index in [1.54, 1.807) is 26.8 Å². The van der Waals surface area contributed by atoms with Crippen molar-refractivity contribution in [2.24, 2.45) is 0 Å². The van der Waals surface area contributed by atoms with Crippen molar-refractivity contribution in [3.8, 4) is 0 Å². The monoisotopic (exact) mass is 347 g/mol. The average molecular weight is 347 g/mol. The second-order valence-corrected chi connectivity index (χ2v) is 6.30. The van der Waals surface area contributed by atoms with Gasteiger partial charge in [0.25, 0.3) is 0 Å². The normalized spacial score (nSPS) is 13.2.